The minimum absolute atomic E-state index is 0.111. The van der Waals surface area contributed by atoms with Gasteiger partial charge in [-0.1, -0.05) is 36.4 Å². The molecule has 7 heavy (non-hydrogen) atoms. The highest BCUT2D eigenvalue weighted by molar-refractivity contribution is 6.55. The highest BCUT2D eigenvalue weighted by Gasteiger charge is 1.60. The smallest absolute Gasteiger partial charge is 0.0992 e. The van der Waals surface area contributed by atoms with Gasteiger partial charge in [-0.15, -0.1) is 0 Å². The third kappa shape index (κ3) is 4450. The Balaban J connectivity index is 0. The first-order valence-electron chi connectivity index (χ1n) is 1.40. The lowest BCUT2D eigenvalue weighted by atomic mass is 11.2. The Bertz CT molecular complexity index is 56.7. The number of aliphatic hydroxyl groups is 1. The van der Waals surface area contributed by atoms with Crippen molar-refractivity contribution in [3.05, 3.63) is 23.9 Å². The van der Waals surface area contributed by atoms with Crippen LogP contribution in [0, 0.1) is 0 Å². The minimum Gasteiger partial charge on any atom is -0.516 e. The predicted molar refractivity (Wildman–Crippen MR) is 33.7 cm³/mol. The average molecular weight is 141 g/mol. The topological polar surface area (TPSA) is 20.2 Å². The molecule has 0 atom stereocenters. The van der Waals surface area contributed by atoms with E-state index >= 15 is 0 Å². The summed E-state index contributed by atoms with van der Waals surface area (Å²) in [6.45, 7) is 6.00. The number of aliphatic hydroxyl groups excluding tert-OH is 1. The molecule has 0 unspecified atom stereocenters. The van der Waals surface area contributed by atoms with E-state index in [1.54, 1.807) is 0 Å². The molecule has 0 aliphatic carbocycles. The summed E-state index contributed by atoms with van der Waals surface area (Å²) in [7, 11) is 0. The van der Waals surface area contributed by atoms with Gasteiger partial charge in [-0.2, -0.15) is 0 Å². The molecule has 1 nitrogen and oxygen atoms in total. The first-order valence-corrected chi connectivity index (χ1v) is 2.15. The molecule has 0 spiro atoms. The lowest BCUT2D eigenvalue weighted by molar-refractivity contribution is 0.476. The van der Waals surface area contributed by atoms with Crippen LogP contribution < -0.4 is 0 Å². The van der Waals surface area contributed by atoms with E-state index in [0.717, 1.165) is 6.26 Å². The van der Waals surface area contributed by atoms with Crippen LogP contribution in [0.4, 0.5) is 0 Å². The molecule has 0 amide bonds. The van der Waals surface area contributed by atoms with Gasteiger partial charge in [0.2, 0.25) is 0 Å². The van der Waals surface area contributed by atoms with Gasteiger partial charge < -0.3 is 5.11 Å². The molecular formula is C4H6Cl2O. The van der Waals surface area contributed by atoms with E-state index in [9.17, 15) is 0 Å². The van der Waals surface area contributed by atoms with Crippen molar-refractivity contribution in [3.8, 4) is 0 Å². The van der Waals surface area contributed by atoms with E-state index in [0.29, 0.717) is 0 Å². The fourth-order valence-electron chi connectivity index (χ4n) is 0. The zero-order valence-electron chi connectivity index (χ0n) is 3.69. The van der Waals surface area contributed by atoms with E-state index in [1.807, 2.05) is 0 Å². The van der Waals surface area contributed by atoms with Crippen LogP contribution >= 0.6 is 23.2 Å². The average Bonchev–Trinajstić information content (AvgIpc) is 1.33. The van der Waals surface area contributed by atoms with Crippen molar-refractivity contribution >= 4 is 23.2 Å². The van der Waals surface area contributed by atoms with Crippen molar-refractivity contribution in [2.45, 2.75) is 0 Å². The standard InChI is InChI=1S/C2H2Cl2.C2H4O/c1-2(3)4;1-2-3/h1H2;2-3H,1H2. The summed E-state index contributed by atoms with van der Waals surface area (Å²) < 4.78 is 0.111. The second-order valence-electron chi connectivity index (χ2n) is 0.521. The summed E-state index contributed by atoms with van der Waals surface area (Å²) in [6, 6.07) is 0. The number of hydrogen-bond donors (Lipinski definition) is 1. The number of rotatable bonds is 0. The fraction of sp³-hybridized carbons (Fsp3) is 0. The van der Waals surface area contributed by atoms with Gasteiger partial charge >= 0.3 is 0 Å². The molecule has 0 radical (unpaired) electrons. The summed E-state index contributed by atoms with van der Waals surface area (Å²) >= 11 is 9.69. The van der Waals surface area contributed by atoms with E-state index in [-0.39, 0.29) is 4.49 Å². The summed E-state index contributed by atoms with van der Waals surface area (Å²) in [5, 5.41) is 7.33. The maximum absolute atomic E-state index is 7.33. The Morgan fingerprint density at radius 2 is 1.57 bits per heavy atom. The van der Waals surface area contributed by atoms with Gasteiger partial charge in [-0.25, -0.2) is 0 Å². The fourth-order valence-corrected chi connectivity index (χ4v) is 0. The van der Waals surface area contributed by atoms with Gasteiger partial charge in [0, 0.05) is 0 Å². The SMILES string of the molecule is C=C(Cl)Cl.C=CO. The maximum atomic E-state index is 7.33. The molecular weight excluding hydrogens is 135 g/mol. The molecule has 0 aliphatic heterocycles. The quantitative estimate of drug-likeness (QED) is 0.514. The Morgan fingerprint density at radius 3 is 1.57 bits per heavy atom. The first kappa shape index (κ1) is 9.97. The maximum Gasteiger partial charge on any atom is 0.0992 e. The van der Waals surface area contributed by atoms with Crippen molar-refractivity contribution in [1.82, 2.24) is 0 Å². The van der Waals surface area contributed by atoms with Gasteiger partial charge in [0.25, 0.3) is 0 Å². The lowest BCUT2D eigenvalue weighted by Crippen LogP contribution is -1.25. The van der Waals surface area contributed by atoms with Crippen molar-refractivity contribution in [3.63, 3.8) is 0 Å². The van der Waals surface area contributed by atoms with E-state index < -0.39 is 0 Å². The Morgan fingerprint density at radius 1 is 1.57 bits per heavy atom. The normalized spacial score (nSPS) is 5.43. The summed E-state index contributed by atoms with van der Waals surface area (Å²) in [5.74, 6) is 0. The van der Waals surface area contributed by atoms with Crippen molar-refractivity contribution in [1.29, 1.82) is 0 Å². The molecule has 0 aromatic rings. The highest BCUT2D eigenvalue weighted by atomic mass is 35.5. The van der Waals surface area contributed by atoms with Crippen molar-refractivity contribution in [2.24, 2.45) is 0 Å². The molecule has 0 aliphatic rings. The van der Waals surface area contributed by atoms with Crippen LogP contribution in [-0.4, -0.2) is 5.11 Å². The van der Waals surface area contributed by atoms with Gasteiger partial charge in [0.05, 0.1) is 10.8 Å². The largest absolute Gasteiger partial charge is 0.516 e. The zero-order valence-corrected chi connectivity index (χ0v) is 5.21. The summed E-state index contributed by atoms with van der Waals surface area (Å²) in [6.07, 6.45) is 0.750. The monoisotopic (exact) mass is 140 g/mol. The summed E-state index contributed by atoms with van der Waals surface area (Å²) in [4.78, 5) is 0. The van der Waals surface area contributed by atoms with Crippen LogP contribution in [0.15, 0.2) is 23.9 Å². The Hall–Kier alpha value is -0.140. The van der Waals surface area contributed by atoms with Crippen LogP contribution in [0.25, 0.3) is 0 Å². The van der Waals surface area contributed by atoms with Crippen molar-refractivity contribution in [2.75, 3.05) is 0 Å². The lowest BCUT2D eigenvalue weighted by Gasteiger charge is -1.57. The molecule has 42 valence electrons. The van der Waals surface area contributed by atoms with Gasteiger partial charge in [0.1, 0.15) is 0 Å². The van der Waals surface area contributed by atoms with Crippen LogP contribution in [-0.2, 0) is 0 Å². The number of halogens is 2. The molecule has 0 saturated heterocycles. The van der Waals surface area contributed by atoms with Crippen LogP contribution in [0.5, 0.6) is 0 Å². The van der Waals surface area contributed by atoms with E-state index in [4.69, 9.17) is 28.3 Å². The Labute approximate surface area is 52.9 Å². The van der Waals surface area contributed by atoms with Gasteiger partial charge in [-0.05, 0) is 0 Å². The van der Waals surface area contributed by atoms with E-state index in [2.05, 4.69) is 13.2 Å². The molecule has 3 heteroatoms. The molecule has 0 aromatic carbocycles. The summed E-state index contributed by atoms with van der Waals surface area (Å²) in [5.41, 5.74) is 0. The molecule has 1 N–H and O–H groups in total. The third-order valence-corrected chi connectivity index (χ3v) is 0. The molecule has 0 bridgehead atoms. The second kappa shape index (κ2) is 9.29. The van der Waals surface area contributed by atoms with Crippen molar-refractivity contribution < 1.29 is 5.11 Å². The molecule has 0 aromatic heterocycles. The molecule has 0 heterocycles. The van der Waals surface area contributed by atoms with Crippen LogP contribution in [0.2, 0.25) is 0 Å². The van der Waals surface area contributed by atoms with E-state index in [1.165, 1.54) is 0 Å². The zero-order chi connectivity index (χ0) is 6.28. The molecule has 0 fully saturated rings. The predicted octanol–water partition coefficient (Wildman–Crippen LogP) is 2.62. The third-order valence-electron chi connectivity index (χ3n) is 0. The molecule has 0 rings (SSSR count). The number of hydrogen-bond acceptors (Lipinski definition) is 1. The van der Waals surface area contributed by atoms with Gasteiger partial charge in [0.15, 0.2) is 0 Å². The van der Waals surface area contributed by atoms with Crippen LogP contribution in [0.1, 0.15) is 0 Å². The van der Waals surface area contributed by atoms with Crippen LogP contribution in [0.3, 0.4) is 0 Å². The highest BCUT2D eigenvalue weighted by Crippen LogP contribution is 1.98. The minimum atomic E-state index is 0.111. The first-order chi connectivity index (χ1) is 3.15. The van der Waals surface area contributed by atoms with Gasteiger partial charge in [-0.3, -0.25) is 0 Å². The molecule has 0 saturated carbocycles. The second-order valence-corrected chi connectivity index (χ2v) is 1.63. The Kier molecular flexibility index (Phi) is 13.2.